The first-order valence-electron chi connectivity index (χ1n) is 10.3. The number of aromatic nitrogens is 5. The van der Waals surface area contributed by atoms with Gasteiger partial charge in [0.15, 0.2) is 0 Å². The molecule has 34 heavy (non-hydrogen) atoms. The van der Waals surface area contributed by atoms with Crippen LogP contribution in [0.3, 0.4) is 0 Å². The lowest BCUT2D eigenvalue weighted by molar-refractivity contribution is -0.113. The quantitative estimate of drug-likeness (QED) is 0.376. The van der Waals surface area contributed by atoms with Gasteiger partial charge in [0.25, 0.3) is 5.91 Å². The molecule has 0 aliphatic carbocycles. The van der Waals surface area contributed by atoms with Crippen molar-refractivity contribution >= 4 is 47.1 Å². The van der Waals surface area contributed by atoms with Gasteiger partial charge in [-0.3, -0.25) is 14.6 Å². The Bertz CT molecular complexity index is 1300. The van der Waals surface area contributed by atoms with Gasteiger partial charge in [-0.2, -0.15) is 0 Å². The van der Waals surface area contributed by atoms with Crippen LogP contribution < -0.4 is 10.6 Å². The number of nitrogens with zero attached hydrogens (tertiary/aromatic N) is 5. The predicted molar refractivity (Wildman–Crippen MR) is 132 cm³/mol. The summed E-state index contributed by atoms with van der Waals surface area (Å²) in [6.07, 6.45) is 5.59. The Balaban J connectivity index is 1.31. The van der Waals surface area contributed by atoms with Crippen molar-refractivity contribution in [3.8, 4) is 0 Å². The fourth-order valence-corrected chi connectivity index (χ4v) is 3.61. The minimum absolute atomic E-state index is 0.168. The first-order chi connectivity index (χ1) is 16.6. The predicted octanol–water partition coefficient (Wildman–Crippen LogP) is 3.76. The van der Waals surface area contributed by atoms with Crippen molar-refractivity contribution in [3.63, 3.8) is 0 Å². The van der Waals surface area contributed by atoms with Gasteiger partial charge in [0, 0.05) is 30.2 Å². The molecule has 0 saturated carbocycles. The molecule has 2 N–H and O–H groups in total. The van der Waals surface area contributed by atoms with Crippen LogP contribution in [0.15, 0.2) is 78.1 Å². The smallest absolute Gasteiger partial charge is 0.255 e. The summed E-state index contributed by atoms with van der Waals surface area (Å²) in [5.74, 6) is -0.267. The van der Waals surface area contributed by atoms with Crippen LogP contribution in [0, 0.1) is 0 Å². The average molecular weight is 472 g/mol. The summed E-state index contributed by atoms with van der Waals surface area (Å²) in [7, 11) is 1.71. The third-order valence-electron chi connectivity index (χ3n) is 4.62. The number of hydrogen-bond donors (Lipinski definition) is 2. The molecule has 2 aromatic carbocycles. The van der Waals surface area contributed by atoms with Crippen molar-refractivity contribution in [1.29, 1.82) is 0 Å². The molecule has 4 rings (SSSR count). The SMILES string of the molecule is Cn1nnnc1SCC(=O)Nc1ccc(C(=O)Nc2cccc(C=Cc3ccccn3)c2)cc1. The molecular weight excluding hydrogens is 450 g/mol. The van der Waals surface area contributed by atoms with E-state index in [9.17, 15) is 9.59 Å². The van der Waals surface area contributed by atoms with Crippen molar-refractivity contribution in [2.75, 3.05) is 16.4 Å². The first kappa shape index (κ1) is 22.9. The molecule has 2 heterocycles. The van der Waals surface area contributed by atoms with Crippen molar-refractivity contribution in [2.24, 2.45) is 7.05 Å². The minimum Gasteiger partial charge on any atom is -0.325 e. The number of nitrogens with one attached hydrogen (secondary N) is 2. The highest BCUT2D eigenvalue weighted by Crippen LogP contribution is 2.17. The van der Waals surface area contributed by atoms with Crippen LogP contribution in [0.25, 0.3) is 12.2 Å². The highest BCUT2D eigenvalue weighted by molar-refractivity contribution is 7.99. The fraction of sp³-hybridized carbons (Fsp3) is 0.0833. The second-order valence-corrected chi connectivity index (χ2v) is 8.11. The first-order valence-corrected chi connectivity index (χ1v) is 11.3. The van der Waals surface area contributed by atoms with Gasteiger partial charge in [0.2, 0.25) is 11.1 Å². The molecule has 0 atom stereocenters. The molecule has 2 amide bonds. The number of benzene rings is 2. The lowest BCUT2D eigenvalue weighted by Crippen LogP contribution is -2.15. The van der Waals surface area contributed by atoms with Gasteiger partial charge in [-0.05, 0) is 70.6 Å². The van der Waals surface area contributed by atoms with Gasteiger partial charge in [-0.15, -0.1) is 5.10 Å². The number of tetrazole rings is 1. The largest absolute Gasteiger partial charge is 0.325 e. The number of rotatable bonds is 8. The van der Waals surface area contributed by atoms with Crippen LogP contribution in [0.4, 0.5) is 11.4 Å². The van der Waals surface area contributed by atoms with E-state index >= 15 is 0 Å². The van der Waals surface area contributed by atoms with Crippen LogP contribution in [0.5, 0.6) is 0 Å². The number of pyridine rings is 1. The van der Waals surface area contributed by atoms with E-state index in [-0.39, 0.29) is 17.6 Å². The molecule has 0 radical (unpaired) electrons. The summed E-state index contributed by atoms with van der Waals surface area (Å²) in [4.78, 5) is 29.1. The van der Waals surface area contributed by atoms with Crippen molar-refractivity contribution in [2.45, 2.75) is 5.16 Å². The molecule has 0 fully saturated rings. The number of carbonyl (C=O) groups is 2. The van der Waals surface area contributed by atoms with Gasteiger partial charge in [-0.1, -0.05) is 36.0 Å². The molecule has 0 saturated heterocycles. The van der Waals surface area contributed by atoms with E-state index < -0.39 is 0 Å². The maximum absolute atomic E-state index is 12.7. The van der Waals surface area contributed by atoms with Gasteiger partial charge in [0.1, 0.15) is 0 Å². The van der Waals surface area contributed by atoms with Crippen molar-refractivity contribution in [1.82, 2.24) is 25.2 Å². The zero-order valence-electron chi connectivity index (χ0n) is 18.3. The number of amides is 2. The molecule has 2 aromatic heterocycles. The fourth-order valence-electron chi connectivity index (χ4n) is 2.96. The Labute approximate surface area is 200 Å². The van der Waals surface area contributed by atoms with E-state index in [1.807, 2.05) is 54.6 Å². The molecular formula is C24H21N7O2S. The number of hydrogen-bond acceptors (Lipinski definition) is 7. The number of aryl methyl sites for hydroxylation is 1. The Morgan fingerprint density at radius 2 is 1.82 bits per heavy atom. The van der Waals surface area contributed by atoms with Crippen LogP contribution in [0.2, 0.25) is 0 Å². The molecule has 0 aliphatic rings. The van der Waals surface area contributed by atoms with E-state index in [0.717, 1.165) is 11.3 Å². The zero-order chi connectivity index (χ0) is 23.8. The van der Waals surface area contributed by atoms with Crippen LogP contribution in [-0.4, -0.2) is 42.8 Å². The Morgan fingerprint density at radius 3 is 2.56 bits per heavy atom. The normalized spacial score (nSPS) is 10.9. The molecule has 170 valence electrons. The molecule has 0 aliphatic heterocycles. The van der Waals surface area contributed by atoms with Gasteiger partial charge in [-0.25, -0.2) is 4.68 Å². The summed E-state index contributed by atoms with van der Waals surface area (Å²) in [6, 6.07) is 20.0. The second-order valence-electron chi connectivity index (χ2n) is 7.17. The lowest BCUT2D eigenvalue weighted by Gasteiger charge is -2.08. The maximum Gasteiger partial charge on any atom is 0.255 e. The van der Waals surface area contributed by atoms with Gasteiger partial charge >= 0.3 is 0 Å². The van der Waals surface area contributed by atoms with Crippen molar-refractivity contribution in [3.05, 3.63) is 89.7 Å². The molecule has 10 heteroatoms. The average Bonchev–Trinajstić information content (AvgIpc) is 3.27. The lowest BCUT2D eigenvalue weighted by atomic mass is 10.1. The summed E-state index contributed by atoms with van der Waals surface area (Å²) < 4.78 is 1.50. The minimum atomic E-state index is -0.242. The molecule has 0 unspecified atom stereocenters. The maximum atomic E-state index is 12.7. The number of carbonyl (C=O) groups excluding carboxylic acids is 2. The number of anilines is 2. The topological polar surface area (TPSA) is 115 Å². The van der Waals surface area contributed by atoms with Crippen LogP contribution >= 0.6 is 11.8 Å². The zero-order valence-corrected chi connectivity index (χ0v) is 19.1. The Morgan fingerprint density at radius 1 is 0.971 bits per heavy atom. The molecule has 4 aromatic rings. The number of thioether (sulfide) groups is 1. The summed E-state index contributed by atoms with van der Waals surface area (Å²) >= 11 is 1.24. The van der Waals surface area contributed by atoms with Gasteiger partial charge < -0.3 is 10.6 Å². The highest BCUT2D eigenvalue weighted by Gasteiger charge is 2.10. The second kappa shape index (κ2) is 11.0. The molecule has 0 spiro atoms. The van der Waals surface area contributed by atoms with E-state index in [4.69, 9.17) is 0 Å². The van der Waals surface area contributed by atoms with E-state index in [0.29, 0.717) is 22.1 Å². The van der Waals surface area contributed by atoms with Crippen molar-refractivity contribution < 1.29 is 9.59 Å². The van der Waals surface area contributed by atoms with E-state index in [1.165, 1.54) is 16.4 Å². The van der Waals surface area contributed by atoms with Crippen LogP contribution in [0.1, 0.15) is 21.6 Å². The standard InChI is InChI=1S/C24H21N7O2S/c1-31-24(28-29-30-31)34-16-22(32)26-20-12-9-18(10-13-20)23(33)27-21-7-4-5-17(15-21)8-11-19-6-2-3-14-25-19/h2-15H,16H2,1H3,(H,26,32)(H,27,33). The summed E-state index contributed by atoms with van der Waals surface area (Å²) in [5, 5.41) is 17.3. The van der Waals surface area contributed by atoms with Gasteiger partial charge in [0.05, 0.1) is 11.4 Å². The third kappa shape index (κ3) is 6.36. The summed E-state index contributed by atoms with van der Waals surface area (Å²) in [5.41, 5.74) is 3.55. The van der Waals surface area contributed by atoms with E-state index in [1.54, 1.807) is 37.5 Å². The Hall–Kier alpha value is -4.31. The summed E-state index contributed by atoms with van der Waals surface area (Å²) in [6.45, 7) is 0. The van der Waals surface area contributed by atoms with Crippen LogP contribution in [-0.2, 0) is 11.8 Å². The third-order valence-corrected chi connectivity index (χ3v) is 5.63. The Kier molecular flexibility index (Phi) is 7.41. The van der Waals surface area contributed by atoms with E-state index in [2.05, 4.69) is 31.1 Å². The molecule has 0 bridgehead atoms. The highest BCUT2D eigenvalue weighted by atomic mass is 32.2. The monoisotopic (exact) mass is 471 g/mol. The molecule has 9 nitrogen and oxygen atoms in total.